The van der Waals surface area contributed by atoms with Crippen LogP contribution in [0.25, 0.3) is 0 Å². The van der Waals surface area contributed by atoms with Crippen LogP contribution in [-0.4, -0.2) is 25.2 Å². The van der Waals surface area contributed by atoms with Crippen molar-refractivity contribution in [2.24, 2.45) is 5.73 Å². The summed E-state index contributed by atoms with van der Waals surface area (Å²) in [4.78, 5) is 11.5. The molecule has 1 atom stereocenters. The number of nitrogens with two attached hydrogens (primary N) is 1. The summed E-state index contributed by atoms with van der Waals surface area (Å²) in [7, 11) is 0. The Morgan fingerprint density at radius 1 is 1.39 bits per heavy atom. The first-order valence-corrected chi connectivity index (χ1v) is 5.39. The topological polar surface area (TPSA) is 61.5 Å². The lowest BCUT2D eigenvalue weighted by atomic mass is 10.2. The fraction of sp³-hybridized carbons (Fsp3) is 0.308. The van der Waals surface area contributed by atoms with E-state index in [1.165, 1.54) is 0 Å². The van der Waals surface area contributed by atoms with E-state index < -0.39 is 12.0 Å². The monoisotopic (exact) mass is 271 g/mol. The van der Waals surface area contributed by atoms with E-state index in [1.54, 1.807) is 6.08 Å². The normalized spacial score (nSPS) is 11.2. The average Bonchev–Trinajstić information content (AvgIpc) is 2.37. The van der Waals surface area contributed by atoms with Gasteiger partial charge in [0.15, 0.2) is 0 Å². The van der Waals surface area contributed by atoms with Crippen LogP contribution >= 0.6 is 12.4 Å². The molecule has 100 valence electrons. The van der Waals surface area contributed by atoms with Crippen molar-refractivity contribution in [1.29, 1.82) is 0 Å². The van der Waals surface area contributed by atoms with E-state index in [1.807, 2.05) is 30.3 Å². The van der Waals surface area contributed by atoms with Gasteiger partial charge >= 0.3 is 5.97 Å². The van der Waals surface area contributed by atoms with Crippen molar-refractivity contribution in [3.8, 4) is 0 Å². The Morgan fingerprint density at radius 3 is 2.67 bits per heavy atom. The molecule has 0 saturated carbocycles. The Kier molecular flexibility index (Phi) is 8.92. The number of carbonyl (C=O) groups is 1. The van der Waals surface area contributed by atoms with Gasteiger partial charge in [-0.05, 0) is 5.56 Å². The lowest BCUT2D eigenvalue weighted by Gasteiger charge is -2.11. The highest BCUT2D eigenvalue weighted by atomic mass is 35.5. The highest BCUT2D eigenvalue weighted by Crippen LogP contribution is 2.01. The van der Waals surface area contributed by atoms with Gasteiger partial charge in [0.05, 0.1) is 13.2 Å². The lowest BCUT2D eigenvalue weighted by molar-refractivity contribution is -0.147. The van der Waals surface area contributed by atoms with Crippen molar-refractivity contribution in [3.63, 3.8) is 0 Å². The van der Waals surface area contributed by atoms with Crippen LogP contribution in [0.15, 0.2) is 43.0 Å². The van der Waals surface area contributed by atoms with Gasteiger partial charge in [0.2, 0.25) is 0 Å². The molecule has 0 saturated heterocycles. The van der Waals surface area contributed by atoms with Crippen molar-refractivity contribution >= 4 is 18.4 Å². The molecular weight excluding hydrogens is 254 g/mol. The number of benzene rings is 1. The molecule has 0 aliphatic rings. The number of halogens is 1. The van der Waals surface area contributed by atoms with Crippen molar-refractivity contribution in [1.82, 2.24) is 0 Å². The summed E-state index contributed by atoms with van der Waals surface area (Å²) in [5, 5.41) is 0. The van der Waals surface area contributed by atoms with Gasteiger partial charge in [-0.15, -0.1) is 19.0 Å². The SMILES string of the molecule is C=CCOC[C@H](N)C(=O)OCc1ccccc1.Cl. The fourth-order valence-electron chi connectivity index (χ4n) is 1.18. The maximum Gasteiger partial charge on any atom is 0.325 e. The number of carbonyl (C=O) groups excluding carboxylic acids is 1. The molecule has 18 heavy (non-hydrogen) atoms. The Balaban J connectivity index is 0.00000289. The summed E-state index contributed by atoms with van der Waals surface area (Å²) in [6.07, 6.45) is 1.60. The molecule has 0 aliphatic heterocycles. The number of rotatable bonds is 7. The summed E-state index contributed by atoms with van der Waals surface area (Å²) in [6, 6.07) is 8.69. The zero-order valence-corrected chi connectivity index (χ0v) is 10.9. The molecule has 0 aliphatic carbocycles. The minimum Gasteiger partial charge on any atom is -0.460 e. The quantitative estimate of drug-likeness (QED) is 0.466. The van der Waals surface area contributed by atoms with Gasteiger partial charge in [-0.2, -0.15) is 0 Å². The first-order valence-electron chi connectivity index (χ1n) is 5.39. The van der Waals surface area contributed by atoms with Crippen molar-refractivity contribution < 1.29 is 14.3 Å². The predicted octanol–water partition coefficient (Wildman–Crippen LogP) is 1.68. The number of ether oxygens (including phenoxy) is 2. The number of hydrogen-bond acceptors (Lipinski definition) is 4. The predicted molar refractivity (Wildman–Crippen MR) is 72.5 cm³/mol. The largest absolute Gasteiger partial charge is 0.460 e. The van der Waals surface area contributed by atoms with Gasteiger partial charge in [0.1, 0.15) is 12.6 Å². The highest BCUT2D eigenvalue weighted by molar-refractivity contribution is 5.85. The van der Waals surface area contributed by atoms with Crippen LogP contribution in [0.3, 0.4) is 0 Å². The molecule has 4 nitrogen and oxygen atoms in total. The first-order chi connectivity index (χ1) is 8.24. The summed E-state index contributed by atoms with van der Waals surface area (Å²) in [5.41, 5.74) is 6.52. The molecule has 1 rings (SSSR count). The van der Waals surface area contributed by atoms with Crippen LogP contribution in [0.1, 0.15) is 5.56 Å². The molecule has 1 aromatic rings. The lowest BCUT2D eigenvalue weighted by Crippen LogP contribution is -2.36. The van der Waals surface area contributed by atoms with Crippen molar-refractivity contribution in [3.05, 3.63) is 48.6 Å². The van der Waals surface area contributed by atoms with Gasteiger partial charge < -0.3 is 15.2 Å². The molecule has 0 fully saturated rings. The van der Waals surface area contributed by atoms with Crippen LogP contribution in [0.5, 0.6) is 0 Å². The first kappa shape index (κ1) is 16.6. The van der Waals surface area contributed by atoms with Gasteiger partial charge in [-0.25, -0.2) is 0 Å². The van der Waals surface area contributed by atoms with Crippen LogP contribution in [0, 0.1) is 0 Å². The van der Waals surface area contributed by atoms with Crippen LogP contribution in [0.2, 0.25) is 0 Å². The Morgan fingerprint density at radius 2 is 2.06 bits per heavy atom. The third-order valence-corrected chi connectivity index (χ3v) is 2.06. The Hall–Kier alpha value is -1.36. The minimum absolute atomic E-state index is 0. The Labute approximate surface area is 113 Å². The van der Waals surface area contributed by atoms with Gasteiger partial charge in [0.25, 0.3) is 0 Å². The summed E-state index contributed by atoms with van der Waals surface area (Å²) in [5.74, 6) is -0.460. The maximum atomic E-state index is 11.5. The fourth-order valence-corrected chi connectivity index (χ4v) is 1.18. The molecular formula is C13H18ClNO3. The third-order valence-electron chi connectivity index (χ3n) is 2.06. The highest BCUT2D eigenvalue weighted by Gasteiger charge is 2.14. The summed E-state index contributed by atoms with van der Waals surface area (Å²) < 4.78 is 10.1. The zero-order chi connectivity index (χ0) is 12.5. The molecule has 0 spiro atoms. The molecule has 2 N–H and O–H groups in total. The number of hydrogen-bond donors (Lipinski definition) is 1. The maximum absolute atomic E-state index is 11.5. The van der Waals surface area contributed by atoms with E-state index in [0.717, 1.165) is 5.56 Å². The second-order valence-corrected chi connectivity index (χ2v) is 3.53. The average molecular weight is 272 g/mol. The van der Waals surface area contributed by atoms with E-state index in [0.29, 0.717) is 6.61 Å². The van der Waals surface area contributed by atoms with Crippen LogP contribution in [0.4, 0.5) is 0 Å². The zero-order valence-electron chi connectivity index (χ0n) is 10.1. The molecule has 5 heteroatoms. The van der Waals surface area contributed by atoms with Crippen molar-refractivity contribution in [2.45, 2.75) is 12.6 Å². The van der Waals surface area contributed by atoms with E-state index >= 15 is 0 Å². The van der Waals surface area contributed by atoms with Gasteiger partial charge in [-0.3, -0.25) is 4.79 Å². The standard InChI is InChI=1S/C13H17NO3.ClH/c1-2-8-16-10-12(14)13(15)17-9-11-6-4-3-5-7-11;/h2-7,12H,1,8-10,14H2;1H/t12-;/m0./s1. The number of esters is 1. The molecule has 0 aromatic heterocycles. The van der Waals surface area contributed by atoms with Gasteiger partial charge in [-0.1, -0.05) is 36.4 Å². The third kappa shape index (κ3) is 6.39. The molecule has 1 aromatic carbocycles. The molecule has 0 bridgehead atoms. The summed E-state index contributed by atoms with van der Waals surface area (Å²) in [6.45, 7) is 4.24. The van der Waals surface area contributed by atoms with Crippen LogP contribution in [-0.2, 0) is 20.9 Å². The van der Waals surface area contributed by atoms with Crippen LogP contribution < -0.4 is 5.73 Å². The van der Waals surface area contributed by atoms with Crippen molar-refractivity contribution in [2.75, 3.05) is 13.2 Å². The smallest absolute Gasteiger partial charge is 0.325 e. The van der Waals surface area contributed by atoms with Gasteiger partial charge in [0, 0.05) is 0 Å². The molecule has 0 radical (unpaired) electrons. The molecule has 0 amide bonds. The van der Waals surface area contributed by atoms with E-state index in [-0.39, 0.29) is 25.6 Å². The summed E-state index contributed by atoms with van der Waals surface area (Å²) >= 11 is 0. The molecule has 0 unspecified atom stereocenters. The second kappa shape index (κ2) is 9.65. The van der Waals surface area contributed by atoms with E-state index in [4.69, 9.17) is 15.2 Å². The second-order valence-electron chi connectivity index (χ2n) is 3.53. The van der Waals surface area contributed by atoms with E-state index in [2.05, 4.69) is 6.58 Å². The van der Waals surface area contributed by atoms with E-state index in [9.17, 15) is 4.79 Å². The molecule has 0 heterocycles. The Bertz CT molecular complexity index is 357. The minimum atomic E-state index is -0.751.